The topological polar surface area (TPSA) is 104 Å². The Balaban J connectivity index is 1.98. The van der Waals surface area contributed by atoms with Gasteiger partial charge in [0.2, 0.25) is 16.9 Å². The van der Waals surface area contributed by atoms with Crippen LogP contribution in [0.15, 0.2) is 0 Å². The van der Waals surface area contributed by atoms with Crippen molar-refractivity contribution in [3.05, 3.63) is 5.01 Å². The second kappa shape index (κ2) is 5.93. The molecular weight excluding hydrogens is 268 g/mol. The highest BCUT2D eigenvalue weighted by molar-refractivity contribution is 7.15. The first kappa shape index (κ1) is 13.7. The highest BCUT2D eigenvalue weighted by Gasteiger charge is 2.29. The van der Waals surface area contributed by atoms with E-state index in [1.165, 1.54) is 16.2 Å². The lowest BCUT2D eigenvalue weighted by Gasteiger charge is -2.33. The van der Waals surface area contributed by atoms with Crippen molar-refractivity contribution in [1.82, 2.24) is 20.0 Å². The number of nitrogens with two attached hydrogens (primary N) is 1. The number of rotatable bonds is 5. The molecule has 1 aromatic rings. The molecule has 1 fully saturated rings. The Morgan fingerprint density at radius 2 is 1.95 bits per heavy atom. The molecule has 19 heavy (non-hydrogen) atoms. The van der Waals surface area contributed by atoms with Crippen molar-refractivity contribution >= 4 is 28.3 Å². The van der Waals surface area contributed by atoms with Crippen LogP contribution in [0, 0.1) is 0 Å². The number of hydrogen-bond donors (Lipinski definition) is 2. The van der Waals surface area contributed by atoms with Crippen LogP contribution in [0.1, 0.15) is 18.4 Å². The fourth-order valence-electron chi connectivity index (χ4n) is 1.86. The van der Waals surface area contributed by atoms with Crippen LogP contribution >= 0.6 is 11.3 Å². The van der Waals surface area contributed by atoms with Gasteiger partial charge in [-0.2, -0.15) is 0 Å². The fraction of sp³-hybridized carbons (Fsp3) is 0.600. The van der Waals surface area contributed by atoms with Crippen LogP contribution in [-0.2, 0) is 16.1 Å². The van der Waals surface area contributed by atoms with E-state index in [2.05, 4.69) is 15.6 Å². The van der Waals surface area contributed by atoms with Crippen LogP contribution in [-0.4, -0.2) is 51.4 Å². The molecule has 1 saturated heterocycles. The first-order valence-electron chi connectivity index (χ1n) is 5.98. The van der Waals surface area contributed by atoms with Crippen LogP contribution < -0.4 is 11.3 Å². The molecule has 2 heterocycles. The summed E-state index contributed by atoms with van der Waals surface area (Å²) in [6.45, 7) is 3.15. The number of nitrogen functional groups attached to an aromatic ring is 1. The van der Waals surface area contributed by atoms with Gasteiger partial charge in [0.15, 0.2) is 0 Å². The summed E-state index contributed by atoms with van der Waals surface area (Å²) in [6.07, 6.45) is 0.848. The number of hydrazine groups is 1. The van der Waals surface area contributed by atoms with E-state index in [0.29, 0.717) is 23.2 Å². The van der Waals surface area contributed by atoms with Gasteiger partial charge in [0.25, 0.3) is 0 Å². The third kappa shape index (κ3) is 3.18. The number of nitrogens with one attached hydrogen (secondary N) is 1. The SMILES string of the molecule is CCCN1CC(=O)N(Cc2nnc(NN)s2)CC1=O. The van der Waals surface area contributed by atoms with E-state index in [-0.39, 0.29) is 24.9 Å². The summed E-state index contributed by atoms with van der Waals surface area (Å²) in [7, 11) is 0. The van der Waals surface area contributed by atoms with Gasteiger partial charge in [-0.15, -0.1) is 10.2 Å². The third-order valence-corrected chi connectivity index (χ3v) is 3.61. The average Bonchev–Trinajstić information content (AvgIpc) is 2.83. The van der Waals surface area contributed by atoms with Crippen molar-refractivity contribution in [3.8, 4) is 0 Å². The molecule has 0 aliphatic carbocycles. The zero-order chi connectivity index (χ0) is 13.8. The van der Waals surface area contributed by atoms with Crippen molar-refractivity contribution < 1.29 is 9.59 Å². The van der Waals surface area contributed by atoms with Crippen LogP contribution in [0.25, 0.3) is 0 Å². The highest BCUT2D eigenvalue weighted by Crippen LogP contribution is 2.17. The molecule has 0 bridgehead atoms. The van der Waals surface area contributed by atoms with Gasteiger partial charge in [0, 0.05) is 6.54 Å². The van der Waals surface area contributed by atoms with Crippen molar-refractivity contribution in [1.29, 1.82) is 0 Å². The van der Waals surface area contributed by atoms with E-state index in [1.54, 1.807) is 4.90 Å². The largest absolute Gasteiger partial charge is 0.332 e. The second-order valence-electron chi connectivity index (χ2n) is 4.21. The van der Waals surface area contributed by atoms with Crippen molar-refractivity contribution in [2.24, 2.45) is 5.84 Å². The molecule has 0 radical (unpaired) electrons. The maximum Gasteiger partial charge on any atom is 0.243 e. The summed E-state index contributed by atoms with van der Waals surface area (Å²) >= 11 is 1.26. The van der Waals surface area contributed by atoms with Gasteiger partial charge in [0.05, 0.1) is 13.1 Å². The lowest BCUT2D eigenvalue weighted by Crippen LogP contribution is -2.53. The molecule has 0 spiro atoms. The number of piperazine rings is 1. The van der Waals surface area contributed by atoms with Gasteiger partial charge < -0.3 is 9.80 Å². The van der Waals surface area contributed by atoms with Crippen LogP contribution in [0.4, 0.5) is 5.13 Å². The summed E-state index contributed by atoms with van der Waals surface area (Å²) in [5.74, 6) is 5.12. The van der Waals surface area contributed by atoms with Gasteiger partial charge in [-0.05, 0) is 6.42 Å². The molecule has 0 saturated carbocycles. The summed E-state index contributed by atoms with van der Waals surface area (Å²) in [5, 5.41) is 8.83. The molecule has 0 aromatic carbocycles. The van der Waals surface area contributed by atoms with Crippen molar-refractivity contribution in [3.63, 3.8) is 0 Å². The molecule has 8 nitrogen and oxygen atoms in total. The molecule has 2 amide bonds. The summed E-state index contributed by atoms with van der Waals surface area (Å²) in [5.41, 5.74) is 2.39. The monoisotopic (exact) mass is 284 g/mol. The van der Waals surface area contributed by atoms with E-state index in [9.17, 15) is 9.59 Å². The standard InChI is InChI=1S/C10H16N6O2S/c1-2-3-15-5-9(18)16(6-8(15)17)4-7-13-14-10(12-11)19-7/h2-6,11H2,1H3,(H,12,14). The number of aromatic nitrogens is 2. The minimum absolute atomic E-state index is 0.0249. The Labute approximate surface area is 114 Å². The van der Waals surface area contributed by atoms with Gasteiger partial charge in [0.1, 0.15) is 11.6 Å². The molecule has 104 valence electrons. The molecule has 2 rings (SSSR count). The quantitative estimate of drug-likeness (QED) is 0.553. The Morgan fingerprint density at radius 3 is 2.58 bits per heavy atom. The molecular formula is C10H16N6O2S. The Morgan fingerprint density at radius 1 is 1.26 bits per heavy atom. The van der Waals surface area contributed by atoms with E-state index >= 15 is 0 Å². The van der Waals surface area contributed by atoms with Gasteiger partial charge in [-0.1, -0.05) is 18.3 Å². The summed E-state index contributed by atoms with van der Waals surface area (Å²) in [6, 6.07) is 0. The van der Waals surface area contributed by atoms with E-state index in [4.69, 9.17) is 5.84 Å². The normalized spacial score (nSPS) is 16.1. The van der Waals surface area contributed by atoms with Gasteiger partial charge in [-0.3, -0.25) is 15.0 Å². The molecule has 3 N–H and O–H groups in total. The number of anilines is 1. The first-order valence-corrected chi connectivity index (χ1v) is 6.80. The van der Waals surface area contributed by atoms with Gasteiger partial charge in [-0.25, -0.2) is 5.84 Å². The zero-order valence-corrected chi connectivity index (χ0v) is 11.4. The van der Waals surface area contributed by atoms with Crippen LogP contribution in [0.3, 0.4) is 0 Å². The van der Waals surface area contributed by atoms with E-state index < -0.39 is 0 Å². The van der Waals surface area contributed by atoms with E-state index in [1.807, 2.05) is 6.92 Å². The maximum absolute atomic E-state index is 12.0. The Hall–Kier alpha value is -1.74. The first-order chi connectivity index (χ1) is 9.13. The Kier molecular flexibility index (Phi) is 4.27. The summed E-state index contributed by atoms with van der Waals surface area (Å²) in [4.78, 5) is 26.9. The summed E-state index contributed by atoms with van der Waals surface area (Å²) < 4.78 is 0. The smallest absolute Gasteiger partial charge is 0.243 e. The number of carbonyl (C=O) groups is 2. The lowest BCUT2D eigenvalue weighted by atomic mass is 10.2. The minimum Gasteiger partial charge on any atom is -0.332 e. The zero-order valence-electron chi connectivity index (χ0n) is 10.6. The lowest BCUT2D eigenvalue weighted by molar-refractivity contribution is -0.150. The fourth-order valence-corrected chi connectivity index (χ4v) is 2.53. The average molecular weight is 284 g/mol. The number of hydrogen-bond acceptors (Lipinski definition) is 7. The maximum atomic E-state index is 12.0. The number of carbonyl (C=O) groups excluding carboxylic acids is 2. The number of amides is 2. The highest BCUT2D eigenvalue weighted by atomic mass is 32.1. The Bertz CT molecular complexity index is 476. The molecule has 1 aliphatic heterocycles. The minimum atomic E-state index is -0.0643. The molecule has 0 unspecified atom stereocenters. The third-order valence-electron chi connectivity index (χ3n) is 2.77. The molecule has 0 atom stereocenters. The van der Waals surface area contributed by atoms with Crippen molar-refractivity contribution in [2.75, 3.05) is 25.1 Å². The molecule has 1 aliphatic rings. The van der Waals surface area contributed by atoms with Crippen LogP contribution in [0.2, 0.25) is 0 Å². The molecule has 1 aromatic heterocycles. The van der Waals surface area contributed by atoms with E-state index in [0.717, 1.165) is 6.42 Å². The predicted octanol–water partition coefficient (Wildman–Crippen LogP) is -0.596. The van der Waals surface area contributed by atoms with Gasteiger partial charge >= 0.3 is 0 Å². The van der Waals surface area contributed by atoms with Crippen molar-refractivity contribution in [2.45, 2.75) is 19.9 Å². The predicted molar refractivity (Wildman–Crippen MR) is 70.0 cm³/mol. The second-order valence-corrected chi connectivity index (χ2v) is 5.27. The van der Waals surface area contributed by atoms with Crippen LogP contribution in [0.5, 0.6) is 0 Å². The molecule has 9 heteroatoms. The number of nitrogens with zero attached hydrogens (tertiary/aromatic N) is 4.